The van der Waals surface area contributed by atoms with Gasteiger partial charge in [-0.2, -0.15) is 9.78 Å². The van der Waals surface area contributed by atoms with Crippen molar-refractivity contribution in [3.63, 3.8) is 0 Å². The average Bonchev–Trinajstić information content (AvgIpc) is 2.57. The maximum absolute atomic E-state index is 5.64. The predicted molar refractivity (Wildman–Crippen MR) is 65.3 cm³/mol. The third-order valence-corrected chi connectivity index (χ3v) is 2.74. The van der Waals surface area contributed by atoms with Crippen LogP contribution < -0.4 is 11.1 Å². The van der Waals surface area contributed by atoms with E-state index >= 15 is 0 Å². The lowest BCUT2D eigenvalue weighted by atomic mass is 9.89. The fraction of sp³-hybridized carbons (Fsp3) is 0.600. The molecule has 15 heavy (non-hydrogen) atoms. The van der Waals surface area contributed by atoms with Crippen LogP contribution in [0.25, 0.3) is 0 Å². The van der Waals surface area contributed by atoms with E-state index in [1.165, 1.54) is 5.56 Å². The number of hydrogen-bond donors (Lipinski definition) is 2. The van der Waals surface area contributed by atoms with Crippen molar-refractivity contribution in [2.45, 2.75) is 32.6 Å². The van der Waals surface area contributed by atoms with Gasteiger partial charge in [-0.3, -0.25) is 0 Å². The Labute approximate surface area is 94.8 Å². The van der Waals surface area contributed by atoms with Gasteiger partial charge in [-0.05, 0) is 18.6 Å². The Morgan fingerprint density at radius 3 is 2.73 bits per heavy atom. The van der Waals surface area contributed by atoms with Crippen LogP contribution in [0.4, 0.5) is 5.82 Å². The number of thiocarbonyl (C=S) groups is 1. The van der Waals surface area contributed by atoms with E-state index in [0.717, 1.165) is 24.5 Å². The molecule has 0 aromatic carbocycles. The van der Waals surface area contributed by atoms with Gasteiger partial charge in [-0.15, -0.1) is 0 Å². The Balaban J connectivity index is 2.59. The summed E-state index contributed by atoms with van der Waals surface area (Å²) in [5.41, 5.74) is 8.02. The van der Waals surface area contributed by atoms with Crippen molar-refractivity contribution >= 4 is 23.1 Å². The minimum absolute atomic E-state index is 0.0339. The van der Waals surface area contributed by atoms with E-state index in [0.29, 0.717) is 5.11 Å². The van der Waals surface area contributed by atoms with E-state index in [1.807, 2.05) is 0 Å². The summed E-state index contributed by atoms with van der Waals surface area (Å²) in [6, 6.07) is 0. The maximum Gasteiger partial charge on any atom is 0.193 e. The molecule has 3 N–H and O–H groups in total. The lowest BCUT2D eigenvalue weighted by Crippen LogP contribution is -2.23. The van der Waals surface area contributed by atoms with Crippen LogP contribution in [0.2, 0.25) is 0 Å². The largest absolute Gasteiger partial charge is 0.374 e. The van der Waals surface area contributed by atoms with Crippen LogP contribution >= 0.6 is 12.2 Å². The molecule has 1 aromatic rings. The van der Waals surface area contributed by atoms with Crippen molar-refractivity contribution in [1.82, 2.24) is 9.78 Å². The molecule has 0 bridgehead atoms. The monoisotopic (exact) mass is 224 g/mol. The van der Waals surface area contributed by atoms with Crippen molar-refractivity contribution in [3.8, 4) is 0 Å². The molecule has 2 rings (SSSR count). The number of rotatable bonds is 0. The number of aromatic nitrogens is 2. The molecule has 2 heterocycles. The topological polar surface area (TPSA) is 55.9 Å². The number of nitrogens with two attached hydrogens (primary N) is 1. The molecule has 82 valence electrons. The Hall–Kier alpha value is -1.10. The second-order valence-corrected chi connectivity index (χ2v) is 5.27. The normalized spacial score (nSPS) is 14.9. The number of nitrogens with one attached hydrogen (secondary N) is 1. The number of fused-ring (bicyclic) bond motifs is 1. The van der Waals surface area contributed by atoms with Crippen LogP contribution in [0.5, 0.6) is 0 Å². The van der Waals surface area contributed by atoms with Crippen molar-refractivity contribution in [1.29, 1.82) is 0 Å². The van der Waals surface area contributed by atoms with Gasteiger partial charge in [-0.1, -0.05) is 20.8 Å². The molecule has 4 nitrogen and oxygen atoms in total. The summed E-state index contributed by atoms with van der Waals surface area (Å²) < 4.78 is 1.64. The minimum atomic E-state index is 0.0339. The van der Waals surface area contributed by atoms with Gasteiger partial charge in [0.15, 0.2) is 5.11 Å². The Morgan fingerprint density at radius 1 is 1.53 bits per heavy atom. The second-order valence-electron chi connectivity index (χ2n) is 4.85. The maximum atomic E-state index is 5.64. The molecule has 0 amide bonds. The van der Waals surface area contributed by atoms with E-state index in [4.69, 9.17) is 18.0 Å². The van der Waals surface area contributed by atoms with E-state index in [1.54, 1.807) is 4.68 Å². The molecule has 1 aromatic heterocycles. The smallest absolute Gasteiger partial charge is 0.193 e. The van der Waals surface area contributed by atoms with Gasteiger partial charge in [0.25, 0.3) is 0 Å². The molecule has 0 saturated carbocycles. The molecule has 0 aliphatic carbocycles. The molecule has 0 fully saturated rings. The standard InChI is InChI=1S/C10H16N4S/c1-10(2,3)7-6-4-5-12-8(6)14(13-7)9(11)15/h12H,4-5H2,1-3H3,(H2,11,15). The fourth-order valence-corrected chi connectivity index (χ4v) is 2.07. The molecule has 0 atom stereocenters. The highest BCUT2D eigenvalue weighted by Crippen LogP contribution is 2.32. The Bertz CT molecular complexity index is 414. The van der Waals surface area contributed by atoms with Crippen LogP contribution in [0.1, 0.15) is 32.0 Å². The number of hydrogen-bond acceptors (Lipinski definition) is 3. The van der Waals surface area contributed by atoms with Crippen molar-refractivity contribution in [2.75, 3.05) is 11.9 Å². The molecule has 1 aliphatic rings. The summed E-state index contributed by atoms with van der Waals surface area (Å²) in [7, 11) is 0. The lowest BCUT2D eigenvalue weighted by Gasteiger charge is -2.16. The first kappa shape index (κ1) is 10.4. The first-order chi connectivity index (χ1) is 6.91. The van der Waals surface area contributed by atoms with Gasteiger partial charge in [0.05, 0.1) is 5.69 Å². The first-order valence-electron chi connectivity index (χ1n) is 5.07. The molecule has 0 unspecified atom stereocenters. The molecule has 5 heteroatoms. The highest BCUT2D eigenvalue weighted by Gasteiger charge is 2.29. The number of nitrogens with zero attached hydrogens (tertiary/aromatic N) is 2. The number of anilines is 1. The van der Waals surface area contributed by atoms with Crippen LogP contribution in [0, 0.1) is 0 Å². The van der Waals surface area contributed by atoms with Crippen LogP contribution in [0.15, 0.2) is 0 Å². The van der Waals surface area contributed by atoms with E-state index < -0.39 is 0 Å². The molecule has 0 spiro atoms. The first-order valence-corrected chi connectivity index (χ1v) is 5.48. The molecule has 0 radical (unpaired) electrons. The van der Waals surface area contributed by atoms with Gasteiger partial charge >= 0.3 is 0 Å². The highest BCUT2D eigenvalue weighted by atomic mass is 32.1. The molecule has 0 saturated heterocycles. The van der Waals surface area contributed by atoms with E-state index in [-0.39, 0.29) is 5.41 Å². The van der Waals surface area contributed by atoms with Crippen LogP contribution in [-0.2, 0) is 11.8 Å². The van der Waals surface area contributed by atoms with Gasteiger partial charge < -0.3 is 11.1 Å². The summed E-state index contributed by atoms with van der Waals surface area (Å²) in [5.74, 6) is 0.979. The van der Waals surface area contributed by atoms with Gasteiger partial charge in [-0.25, -0.2) is 0 Å². The van der Waals surface area contributed by atoms with E-state index in [9.17, 15) is 0 Å². The fourth-order valence-electron chi connectivity index (χ4n) is 1.94. The van der Waals surface area contributed by atoms with Crippen LogP contribution in [-0.4, -0.2) is 21.4 Å². The third kappa shape index (κ3) is 1.61. The zero-order valence-corrected chi connectivity index (χ0v) is 10.1. The summed E-state index contributed by atoms with van der Waals surface area (Å²) >= 11 is 4.98. The molecule has 1 aliphatic heterocycles. The minimum Gasteiger partial charge on any atom is -0.374 e. The van der Waals surface area contributed by atoms with Gasteiger partial charge in [0, 0.05) is 17.5 Å². The zero-order chi connectivity index (χ0) is 11.2. The Morgan fingerprint density at radius 2 is 2.20 bits per heavy atom. The molecular formula is C10H16N4S. The van der Waals surface area contributed by atoms with Gasteiger partial charge in [0.1, 0.15) is 5.82 Å². The van der Waals surface area contributed by atoms with Crippen molar-refractivity contribution < 1.29 is 0 Å². The summed E-state index contributed by atoms with van der Waals surface area (Å²) in [5, 5.41) is 8.07. The van der Waals surface area contributed by atoms with Crippen molar-refractivity contribution in [2.24, 2.45) is 5.73 Å². The van der Waals surface area contributed by atoms with E-state index in [2.05, 4.69) is 31.2 Å². The van der Waals surface area contributed by atoms with Gasteiger partial charge in [0.2, 0.25) is 0 Å². The van der Waals surface area contributed by atoms with Crippen LogP contribution in [0.3, 0.4) is 0 Å². The summed E-state index contributed by atoms with van der Waals surface area (Å²) in [6.07, 6.45) is 1.00. The Kier molecular flexibility index (Phi) is 2.22. The third-order valence-electron chi connectivity index (χ3n) is 2.57. The lowest BCUT2D eigenvalue weighted by molar-refractivity contribution is 0.556. The SMILES string of the molecule is CC(C)(C)c1nn(C(N)=S)c2c1CCN2. The zero-order valence-electron chi connectivity index (χ0n) is 9.29. The summed E-state index contributed by atoms with van der Waals surface area (Å²) in [4.78, 5) is 0. The van der Waals surface area contributed by atoms with Crippen molar-refractivity contribution in [3.05, 3.63) is 11.3 Å². The summed E-state index contributed by atoms with van der Waals surface area (Å²) in [6.45, 7) is 7.40. The molecular weight excluding hydrogens is 208 g/mol. The highest BCUT2D eigenvalue weighted by molar-refractivity contribution is 7.80. The quantitative estimate of drug-likeness (QED) is 0.651. The average molecular weight is 224 g/mol. The second kappa shape index (κ2) is 3.20. The predicted octanol–water partition coefficient (Wildman–Crippen LogP) is 1.24.